The van der Waals surface area contributed by atoms with Crippen LogP contribution in [0.25, 0.3) is 0 Å². The van der Waals surface area contributed by atoms with Crippen molar-refractivity contribution in [3.63, 3.8) is 0 Å². The fourth-order valence-electron chi connectivity index (χ4n) is 2.24. The van der Waals surface area contributed by atoms with E-state index in [1.54, 1.807) is 6.20 Å². The molecule has 3 nitrogen and oxygen atoms in total. The molecule has 0 aliphatic carbocycles. The highest BCUT2D eigenvalue weighted by Gasteiger charge is 2.11. The number of ether oxygens (including phenoxy) is 1. The molecule has 0 fully saturated rings. The normalized spacial score (nSPS) is 12.2. The van der Waals surface area contributed by atoms with Gasteiger partial charge in [-0.3, -0.25) is 4.98 Å². The van der Waals surface area contributed by atoms with Gasteiger partial charge in [0, 0.05) is 34.0 Å². The number of rotatable bonds is 6. The number of halogens is 1. The summed E-state index contributed by atoms with van der Waals surface area (Å²) in [5, 5.41) is 3.43. The third-order valence-corrected chi connectivity index (χ3v) is 3.74. The first kappa shape index (κ1) is 16.0. The maximum absolute atomic E-state index is 6.03. The van der Waals surface area contributed by atoms with Crippen molar-refractivity contribution in [2.24, 2.45) is 0 Å². The van der Waals surface area contributed by atoms with Crippen LogP contribution in [-0.4, -0.2) is 11.5 Å². The van der Waals surface area contributed by atoms with Crippen LogP contribution in [0.2, 0.25) is 0 Å². The largest absolute Gasteiger partial charge is 0.488 e. The number of benzene rings is 1. The predicted octanol–water partition coefficient (Wildman–Crippen LogP) is 4.40. The molecule has 0 radical (unpaired) electrons. The Labute approximate surface area is 134 Å². The van der Waals surface area contributed by atoms with Gasteiger partial charge < -0.3 is 10.1 Å². The Morgan fingerprint density at radius 2 is 2.10 bits per heavy atom. The molecule has 2 aromatic rings. The van der Waals surface area contributed by atoms with Crippen LogP contribution in [0.15, 0.2) is 41.1 Å². The molecule has 0 spiro atoms. The predicted molar refractivity (Wildman–Crippen MR) is 89.5 cm³/mol. The number of pyridine rings is 1. The standard InChI is InChI=1S/C17H21BrN2O/c1-4-20-13(3)16-6-5-12(2)7-17(16)21-11-14-8-15(18)10-19-9-14/h5-10,13,20H,4,11H2,1-3H3. The summed E-state index contributed by atoms with van der Waals surface area (Å²) in [6, 6.07) is 8.64. The number of nitrogens with one attached hydrogen (secondary N) is 1. The molecule has 2 rings (SSSR count). The zero-order valence-corrected chi connectivity index (χ0v) is 14.3. The summed E-state index contributed by atoms with van der Waals surface area (Å²) in [5.41, 5.74) is 3.43. The molecule has 4 heteroatoms. The lowest BCUT2D eigenvalue weighted by atomic mass is 10.0. The SMILES string of the molecule is CCNC(C)c1ccc(C)cc1OCc1cncc(Br)c1. The van der Waals surface area contributed by atoms with Gasteiger partial charge >= 0.3 is 0 Å². The van der Waals surface area contributed by atoms with Gasteiger partial charge in [0.05, 0.1) is 0 Å². The van der Waals surface area contributed by atoms with E-state index in [4.69, 9.17) is 4.74 Å². The van der Waals surface area contributed by atoms with Crippen LogP contribution >= 0.6 is 15.9 Å². The molecule has 0 saturated carbocycles. The van der Waals surface area contributed by atoms with Crippen molar-refractivity contribution in [2.45, 2.75) is 33.4 Å². The van der Waals surface area contributed by atoms with Crippen LogP contribution in [0.3, 0.4) is 0 Å². The molecular formula is C17H21BrN2O. The minimum atomic E-state index is 0.270. The van der Waals surface area contributed by atoms with Gasteiger partial charge in [-0.1, -0.05) is 19.1 Å². The van der Waals surface area contributed by atoms with E-state index >= 15 is 0 Å². The minimum absolute atomic E-state index is 0.270. The van der Waals surface area contributed by atoms with Crippen molar-refractivity contribution in [3.8, 4) is 5.75 Å². The maximum atomic E-state index is 6.03. The van der Waals surface area contributed by atoms with Gasteiger partial charge in [0.15, 0.2) is 0 Å². The lowest BCUT2D eigenvalue weighted by molar-refractivity contribution is 0.299. The average molecular weight is 349 g/mol. The summed E-state index contributed by atoms with van der Waals surface area (Å²) in [4.78, 5) is 4.16. The quantitative estimate of drug-likeness (QED) is 0.839. The second kappa shape index (κ2) is 7.57. The van der Waals surface area contributed by atoms with Crippen LogP contribution < -0.4 is 10.1 Å². The summed E-state index contributed by atoms with van der Waals surface area (Å²) >= 11 is 3.43. The second-order valence-corrected chi connectivity index (χ2v) is 6.04. The highest BCUT2D eigenvalue weighted by atomic mass is 79.9. The molecule has 1 heterocycles. The average Bonchev–Trinajstić information content (AvgIpc) is 2.45. The van der Waals surface area contributed by atoms with E-state index in [1.807, 2.05) is 12.3 Å². The molecule has 112 valence electrons. The van der Waals surface area contributed by atoms with E-state index < -0.39 is 0 Å². The lowest BCUT2D eigenvalue weighted by Gasteiger charge is -2.18. The van der Waals surface area contributed by atoms with Crippen molar-refractivity contribution in [1.29, 1.82) is 0 Å². The van der Waals surface area contributed by atoms with Crippen LogP contribution in [0.5, 0.6) is 5.75 Å². The number of hydrogen-bond donors (Lipinski definition) is 1. The molecule has 1 aromatic heterocycles. The van der Waals surface area contributed by atoms with Crippen LogP contribution in [0.4, 0.5) is 0 Å². The van der Waals surface area contributed by atoms with Crippen molar-refractivity contribution >= 4 is 15.9 Å². The number of aryl methyl sites for hydroxylation is 1. The molecule has 0 bridgehead atoms. The summed E-state index contributed by atoms with van der Waals surface area (Å²) in [6.45, 7) is 7.79. The third-order valence-electron chi connectivity index (χ3n) is 3.30. The Morgan fingerprint density at radius 1 is 1.29 bits per heavy atom. The summed E-state index contributed by atoms with van der Waals surface area (Å²) < 4.78 is 6.99. The fourth-order valence-corrected chi connectivity index (χ4v) is 2.65. The number of nitrogens with zero attached hydrogens (tertiary/aromatic N) is 1. The molecular weight excluding hydrogens is 328 g/mol. The molecule has 1 N–H and O–H groups in total. The molecule has 1 atom stereocenters. The van der Waals surface area contributed by atoms with Gasteiger partial charge in [0.25, 0.3) is 0 Å². The summed E-state index contributed by atoms with van der Waals surface area (Å²) in [6.07, 6.45) is 3.60. The summed E-state index contributed by atoms with van der Waals surface area (Å²) in [5.74, 6) is 0.934. The number of hydrogen-bond acceptors (Lipinski definition) is 3. The van der Waals surface area contributed by atoms with Crippen molar-refractivity contribution < 1.29 is 4.74 Å². The smallest absolute Gasteiger partial charge is 0.124 e. The van der Waals surface area contributed by atoms with Crippen LogP contribution in [0.1, 0.15) is 36.6 Å². The molecule has 0 aliphatic heterocycles. The highest BCUT2D eigenvalue weighted by molar-refractivity contribution is 9.10. The van der Waals surface area contributed by atoms with E-state index in [-0.39, 0.29) is 6.04 Å². The molecule has 1 unspecified atom stereocenters. The molecule has 1 aromatic carbocycles. The molecule has 0 amide bonds. The second-order valence-electron chi connectivity index (χ2n) is 5.12. The summed E-state index contributed by atoms with van der Waals surface area (Å²) in [7, 11) is 0. The van der Waals surface area contributed by atoms with Crippen LogP contribution in [-0.2, 0) is 6.61 Å². The Balaban J connectivity index is 2.16. The van der Waals surface area contributed by atoms with E-state index in [1.165, 1.54) is 11.1 Å². The van der Waals surface area contributed by atoms with Gasteiger partial charge in [0.1, 0.15) is 12.4 Å². The fraction of sp³-hybridized carbons (Fsp3) is 0.353. The molecule has 0 aliphatic rings. The first-order valence-corrected chi connectivity index (χ1v) is 7.95. The lowest BCUT2D eigenvalue weighted by Crippen LogP contribution is -2.18. The monoisotopic (exact) mass is 348 g/mol. The number of aromatic nitrogens is 1. The Kier molecular flexibility index (Phi) is 5.76. The Bertz CT molecular complexity index is 601. The zero-order valence-electron chi connectivity index (χ0n) is 12.7. The van der Waals surface area contributed by atoms with Gasteiger partial charge in [-0.25, -0.2) is 0 Å². The Morgan fingerprint density at radius 3 is 2.81 bits per heavy atom. The van der Waals surface area contributed by atoms with E-state index in [2.05, 4.69) is 65.2 Å². The minimum Gasteiger partial charge on any atom is -0.488 e. The van der Waals surface area contributed by atoms with E-state index in [9.17, 15) is 0 Å². The van der Waals surface area contributed by atoms with Gasteiger partial charge in [-0.2, -0.15) is 0 Å². The van der Waals surface area contributed by atoms with Crippen molar-refractivity contribution in [3.05, 3.63) is 57.8 Å². The van der Waals surface area contributed by atoms with E-state index in [0.29, 0.717) is 6.61 Å². The highest BCUT2D eigenvalue weighted by Crippen LogP contribution is 2.27. The third kappa shape index (κ3) is 4.55. The maximum Gasteiger partial charge on any atom is 0.124 e. The van der Waals surface area contributed by atoms with Gasteiger partial charge in [0.2, 0.25) is 0 Å². The molecule has 0 saturated heterocycles. The van der Waals surface area contributed by atoms with Gasteiger partial charge in [-0.15, -0.1) is 0 Å². The Hall–Kier alpha value is -1.39. The van der Waals surface area contributed by atoms with Crippen molar-refractivity contribution in [2.75, 3.05) is 6.54 Å². The topological polar surface area (TPSA) is 34.1 Å². The first-order valence-electron chi connectivity index (χ1n) is 7.16. The van der Waals surface area contributed by atoms with Gasteiger partial charge in [-0.05, 0) is 54.0 Å². The molecule has 21 heavy (non-hydrogen) atoms. The zero-order chi connectivity index (χ0) is 15.2. The van der Waals surface area contributed by atoms with E-state index in [0.717, 1.165) is 22.3 Å². The van der Waals surface area contributed by atoms with Crippen molar-refractivity contribution in [1.82, 2.24) is 10.3 Å². The van der Waals surface area contributed by atoms with Crippen LogP contribution in [0, 0.1) is 6.92 Å². The first-order chi connectivity index (χ1) is 10.1.